The minimum atomic E-state index is -4.44. The molecule has 0 saturated carbocycles. The Morgan fingerprint density at radius 3 is 2.67 bits per heavy atom. The molecule has 2 N–H and O–H groups in total. The summed E-state index contributed by atoms with van der Waals surface area (Å²) in [5.74, 6) is 0.251. The molecule has 0 aliphatic rings. The minimum absolute atomic E-state index is 0.0313. The van der Waals surface area contributed by atoms with Crippen molar-refractivity contribution in [3.05, 3.63) is 52.6 Å². The number of ether oxygens (including phenoxy) is 1. The fourth-order valence-electron chi connectivity index (χ4n) is 1.83. The number of alkyl halides is 3. The predicted octanol–water partition coefficient (Wildman–Crippen LogP) is 3.06. The zero-order chi connectivity index (χ0) is 15.0. The summed E-state index contributed by atoms with van der Waals surface area (Å²) in [5.41, 5.74) is -0.473. The Morgan fingerprint density at radius 2 is 1.90 bits per heavy atom. The van der Waals surface area contributed by atoms with Crippen LogP contribution in [0.15, 0.2) is 41.3 Å². The van der Waals surface area contributed by atoms with E-state index in [4.69, 9.17) is 4.74 Å². The summed E-state index contributed by atoms with van der Waals surface area (Å²) in [6, 6.07) is 5.98. The van der Waals surface area contributed by atoms with Gasteiger partial charge in [0.2, 0.25) is 0 Å². The molecule has 21 heavy (non-hydrogen) atoms. The number of hydrogen-bond acceptors (Lipinski definition) is 3. The smallest absolute Gasteiger partial charge is 0.416 e. The van der Waals surface area contributed by atoms with Gasteiger partial charge in [0.15, 0.2) is 5.65 Å². The van der Waals surface area contributed by atoms with Gasteiger partial charge in [-0.25, -0.2) is 9.78 Å². The van der Waals surface area contributed by atoms with Gasteiger partial charge in [0.25, 0.3) is 0 Å². The standard InChI is InChI=1S/C13H8F3N3O2/c14-13(15,16)7-2-1-3-8(4-7)21-9-5-10-11(17-6-9)19-12(20)18-10/h1-6H,(H2,17,18,19,20). The van der Waals surface area contributed by atoms with Crippen LogP contribution in [0.3, 0.4) is 0 Å². The first-order valence-corrected chi connectivity index (χ1v) is 5.85. The normalized spacial score (nSPS) is 11.8. The molecule has 0 unspecified atom stereocenters. The second-order valence-corrected chi connectivity index (χ2v) is 4.27. The molecular formula is C13H8F3N3O2. The van der Waals surface area contributed by atoms with Crippen molar-refractivity contribution in [1.29, 1.82) is 0 Å². The molecule has 5 nitrogen and oxygen atoms in total. The number of benzene rings is 1. The van der Waals surface area contributed by atoms with Crippen LogP contribution in [0.1, 0.15) is 5.56 Å². The number of aromatic amines is 2. The van der Waals surface area contributed by atoms with Crippen molar-refractivity contribution in [1.82, 2.24) is 15.0 Å². The van der Waals surface area contributed by atoms with Gasteiger partial charge in [-0.3, -0.25) is 4.98 Å². The Morgan fingerprint density at radius 1 is 1.10 bits per heavy atom. The lowest BCUT2D eigenvalue weighted by molar-refractivity contribution is -0.137. The molecule has 2 aromatic heterocycles. The lowest BCUT2D eigenvalue weighted by atomic mass is 10.2. The molecule has 0 fully saturated rings. The molecule has 0 amide bonds. The number of nitrogens with zero attached hydrogens (tertiary/aromatic N) is 1. The second kappa shape index (κ2) is 4.65. The molecule has 0 radical (unpaired) electrons. The highest BCUT2D eigenvalue weighted by Crippen LogP contribution is 2.32. The van der Waals surface area contributed by atoms with Crippen LogP contribution < -0.4 is 10.4 Å². The van der Waals surface area contributed by atoms with Crippen molar-refractivity contribution in [3.63, 3.8) is 0 Å². The van der Waals surface area contributed by atoms with E-state index in [1.165, 1.54) is 24.4 Å². The van der Waals surface area contributed by atoms with Gasteiger partial charge in [-0.1, -0.05) is 6.07 Å². The molecule has 0 aliphatic heterocycles. The number of halogens is 3. The van der Waals surface area contributed by atoms with Crippen LogP contribution in [0.5, 0.6) is 11.5 Å². The Bertz CT molecular complexity index is 851. The molecule has 108 valence electrons. The van der Waals surface area contributed by atoms with E-state index in [9.17, 15) is 18.0 Å². The average molecular weight is 295 g/mol. The van der Waals surface area contributed by atoms with Crippen LogP contribution in [-0.2, 0) is 6.18 Å². The van der Waals surface area contributed by atoms with E-state index in [0.717, 1.165) is 12.1 Å². The first-order valence-electron chi connectivity index (χ1n) is 5.85. The molecule has 3 aromatic rings. The monoisotopic (exact) mass is 295 g/mol. The van der Waals surface area contributed by atoms with Crippen LogP contribution in [0, 0.1) is 0 Å². The van der Waals surface area contributed by atoms with E-state index in [2.05, 4.69) is 15.0 Å². The first-order chi connectivity index (χ1) is 9.91. The number of nitrogens with one attached hydrogen (secondary N) is 2. The van der Waals surface area contributed by atoms with Gasteiger partial charge >= 0.3 is 11.9 Å². The average Bonchev–Trinajstić information content (AvgIpc) is 2.77. The van der Waals surface area contributed by atoms with E-state index < -0.39 is 17.4 Å². The van der Waals surface area contributed by atoms with Gasteiger partial charge in [0.05, 0.1) is 17.3 Å². The second-order valence-electron chi connectivity index (χ2n) is 4.27. The van der Waals surface area contributed by atoms with E-state index in [1.54, 1.807) is 0 Å². The van der Waals surface area contributed by atoms with Crippen molar-refractivity contribution >= 4 is 11.2 Å². The van der Waals surface area contributed by atoms with Gasteiger partial charge in [0.1, 0.15) is 11.5 Å². The zero-order valence-electron chi connectivity index (χ0n) is 10.4. The molecule has 1 aromatic carbocycles. The number of rotatable bonds is 2. The quantitative estimate of drug-likeness (QED) is 0.763. The van der Waals surface area contributed by atoms with Crippen molar-refractivity contribution in [2.75, 3.05) is 0 Å². The van der Waals surface area contributed by atoms with Gasteiger partial charge in [-0.15, -0.1) is 0 Å². The predicted molar refractivity (Wildman–Crippen MR) is 68.2 cm³/mol. The fraction of sp³-hybridized carbons (Fsp3) is 0.0769. The summed E-state index contributed by atoms with van der Waals surface area (Å²) in [4.78, 5) is 20.0. The Labute approximate surface area is 115 Å². The van der Waals surface area contributed by atoms with Crippen LogP contribution in [-0.4, -0.2) is 15.0 Å². The maximum atomic E-state index is 12.6. The number of pyridine rings is 1. The van der Waals surface area contributed by atoms with Gasteiger partial charge in [0, 0.05) is 6.07 Å². The summed E-state index contributed by atoms with van der Waals surface area (Å²) in [7, 11) is 0. The number of imidazole rings is 1. The lowest BCUT2D eigenvalue weighted by Gasteiger charge is -2.09. The molecule has 0 aliphatic carbocycles. The lowest BCUT2D eigenvalue weighted by Crippen LogP contribution is -2.04. The zero-order valence-corrected chi connectivity index (χ0v) is 10.4. The molecule has 8 heteroatoms. The summed E-state index contributed by atoms with van der Waals surface area (Å²) in [6.07, 6.45) is -3.13. The van der Waals surface area contributed by atoms with E-state index in [0.29, 0.717) is 11.2 Å². The molecule has 0 bridgehead atoms. The Kier molecular flexibility index (Phi) is 2.93. The highest BCUT2D eigenvalue weighted by molar-refractivity contribution is 5.71. The van der Waals surface area contributed by atoms with Crippen molar-refractivity contribution in [3.8, 4) is 11.5 Å². The number of hydrogen-bond donors (Lipinski definition) is 2. The van der Waals surface area contributed by atoms with Gasteiger partial charge in [-0.05, 0) is 18.2 Å². The van der Waals surface area contributed by atoms with Crippen LogP contribution in [0.4, 0.5) is 13.2 Å². The first kappa shape index (κ1) is 13.2. The van der Waals surface area contributed by atoms with E-state index in [-0.39, 0.29) is 11.5 Å². The molecular weight excluding hydrogens is 287 g/mol. The summed E-state index contributed by atoms with van der Waals surface area (Å²) >= 11 is 0. The largest absolute Gasteiger partial charge is 0.456 e. The Hall–Kier alpha value is -2.77. The highest BCUT2D eigenvalue weighted by Gasteiger charge is 2.30. The minimum Gasteiger partial charge on any atom is -0.456 e. The molecule has 2 heterocycles. The fourth-order valence-corrected chi connectivity index (χ4v) is 1.83. The summed E-state index contributed by atoms with van der Waals surface area (Å²) in [5, 5.41) is 0. The third kappa shape index (κ3) is 2.73. The van der Waals surface area contributed by atoms with Crippen LogP contribution >= 0.6 is 0 Å². The van der Waals surface area contributed by atoms with Crippen molar-refractivity contribution in [2.24, 2.45) is 0 Å². The third-order valence-corrected chi connectivity index (χ3v) is 2.74. The summed E-state index contributed by atoms with van der Waals surface area (Å²) < 4.78 is 43.2. The highest BCUT2D eigenvalue weighted by atomic mass is 19.4. The van der Waals surface area contributed by atoms with Gasteiger partial charge in [-0.2, -0.15) is 13.2 Å². The third-order valence-electron chi connectivity index (χ3n) is 2.74. The van der Waals surface area contributed by atoms with E-state index >= 15 is 0 Å². The van der Waals surface area contributed by atoms with Crippen LogP contribution in [0.25, 0.3) is 11.2 Å². The molecule has 0 atom stereocenters. The van der Waals surface area contributed by atoms with E-state index in [1.807, 2.05) is 0 Å². The van der Waals surface area contributed by atoms with Gasteiger partial charge < -0.3 is 9.72 Å². The Balaban J connectivity index is 1.92. The number of H-pyrrole nitrogens is 2. The SMILES string of the molecule is O=c1[nH]c2cc(Oc3cccc(C(F)(F)F)c3)cnc2[nH]1. The van der Waals surface area contributed by atoms with Crippen molar-refractivity contribution < 1.29 is 17.9 Å². The maximum absolute atomic E-state index is 12.6. The topological polar surface area (TPSA) is 70.8 Å². The molecule has 0 spiro atoms. The molecule has 3 rings (SSSR count). The maximum Gasteiger partial charge on any atom is 0.416 e. The number of fused-ring (bicyclic) bond motifs is 1. The summed E-state index contributed by atoms with van der Waals surface area (Å²) in [6.45, 7) is 0. The number of aromatic nitrogens is 3. The van der Waals surface area contributed by atoms with Crippen molar-refractivity contribution in [2.45, 2.75) is 6.18 Å². The van der Waals surface area contributed by atoms with Crippen LogP contribution in [0.2, 0.25) is 0 Å². The molecule has 0 saturated heterocycles.